The van der Waals surface area contributed by atoms with Crippen molar-refractivity contribution >= 4 is 5.71 Å². The fraction of sp³-hybridized carbons (Fsp3) is 0.364. The molecule has 0 aromatic carbocycles. The summed E-state index contributed by atoms with van der Waals surface area (Å²) < 4.78 is 5.16. The van der Waals surface area contributed by atoms with Crippen LogP contribution in [0.25, 0.3) is 11.5 Å². The molecule has 7 heteroatoms. The second-order valence-electron chi connectivity index (χ2n) is 3.89. The summed E-state index contributed by atoms with van der Waals surface area (Å²) >= 11 is 0. The molecule has 0 unspecified atom stereocenters. The average Bonchev–Trinajstić information content (AvgIpc) is 3.08. The van der Waals surface area contributed by atoms with E-state index in [4.69, 9.17) is 9.36 Å². The van der Waals surface area contributed by atoms with Crippen molar-refractivity contribution in [3.63, 3.8) is 0 Å². The maximum Gasteiger partial charge on any atom is 0.261 e. The minimum Gasteiger partial charge on any atom is -0.384 e. The van der Waals surface area contributed by atoms with Gasteiger partial charge in [0.25, 0.3) is 5.89 Å². The first-order valence-corrected chi connectivity index (χ1v) is 5.67. The number of nitrogens with zero attached hydrogens (tertiary/aromatic N) is 5. The predicted molar refractivity (Wildman–Crippen MR) is 61.5 cm³/mol. The molecule has 0 radical (unpaired) electrons. The first-order valence-electron chi connectivity index (χ1n) is 5.67. The van der Waals surface area contributed by atoms with Gasteiger partial charge in [-0.25, -0.2) is 9.97 Å². The normalized spacial score (nSPS) is 18.5. The van der Waals surface area contributed by atoms with Gasteiger partial charge in [0.15, 0.2) is 6.10 Å². The minimum atomic E-state index is -0.248. The van der Waals surface area contributed by atoms with Gasteiger partial charge in [0, 0.05) is 18.8 Å². The van der Waals surface area contributed by atoms with E-state index in [9.17, 15) is 0 Å². The van der Waals surface area contributed by atoms with Crippen molar-refractivity contribution in [2.24, 2.45) is 5.16 Å². The maximum atomic E-state index is 5.26. The highest BCUT2D eigenvalue weighted by atomic mass is 16.6. The van der Waals surface area contributed by atoms with Gasteiger partial charge in [-0.3, -0.25) is 0 Å². The molecule has 0 aliphatic carbocycles. The Morgan fingerprint density at radius 1 is 1.33 bits per heavy atom. The number of hydrogen-bond donors (Lipinski definition) is 0. The Hall–Kier alpha value is -2.31. The van der Waals surface area contributed by atoms with Crippen LogP contribution in [-0.4, -0.2) is 25.8 Å². The summed E-state index contributed by atoms with van der Waals surface area (Å²) in [5, 5.41) is 7.87. The predicted octanol–water partition coefficient (Wildman–Crippen LogP) is 1.75. The lowest BCUT2D eigenvalue weighted by molar-refractivity contribution is 0.0772. The molecule has 92 valence electrons. The second-order valence-corrected chi connectivity index (χ2v) is 3.89. The Kier molecular flexibility index (Phi) is 2.71. The van der Waals surface area contributed by atoms with Gasteiger partial charge in [-0.05, 0) is 6.42 Å². The molecular weight excluding hydrogens is 234 g/mol. The van der Waals surface area contributed by atoms with Gasteiger partial charge in [-0.2, -0.15) is 4.98 Å². The lowest BCUT2D eigenvalue weighted by Gasteiger charge is -2.00. The molecule has 3 rings (SSSR count). The molecule has 1 atom stereocenters. The monoisotopic (exact) mass is 245 g/mol. The first-order chi connectivity index (χ1) is 8.86. The van der Waals surface area contributed by atoms with E-state index in [0.717, 1.165) is 12.1 Å². The van der Waals surface area contributed by atoms with Crippen LogP contribution in [0.2, 0.25) is 0 Å². The van der Waals surface area contributed by atoms with Gasteiger partial charge >= 0.3 is 0 Å². The molecule has 0 fully saturated rings. The van der Waals surface area contributed by atoms with Crippen molar-refractivity contribution in [3.8, 4) is 11.5 Å². The Labute approximate surface area is 103 Å². The van der Waals surface area contributed by atoms with Crippen LogP contribution >= 0.6 is 0 Å². The minimum absolute atomic E-state index is 0.248. The van der Waals surface area contributed by atoms with Gasteiger partial charge in [0.05, 0.1) is 11.3 Å². The smallest absolute Gasteiger partial charge is 0.261 e. The van der Waals surface area contributed by atoms with Crippen LogP contribution in [0.15, 0.2) is 28.4 Å². The number of hydrogen-bond acceptors (Lipinski definition) is 7. The quantitative estimate of drug-likeness (QED) is 0.818. The van der Waals surface area contributed by atoms with Crippen molar-refractivity contribution in [2.45, 2.75) is 25.9 Å². The molecule has 7 nitrogen and oxygen atoms in total. The lowest BCUT2D eigenvalue weighted by atomic mass is 10.1. The van der Waals surface area contributed by atoms with Crippen LogP contribution in [0.4, 0.5) is 0 Å². The summed E-state index contributed by atoms with van der Waals surface area (Å²) in [4.78, 5) is 17.3. The third kappa shape index (κ3) is 1.94. The molecule has 0 bridgehead atoms. The van der Waals surface area contributed by atoms with E-state index in [1.807, 2.05) is 6.92 Å². The van der Waals surface area contributed by atoms with E-state index in [2.05, 4.69) is 25.3 Å². The zero-order valence-electron chi connectivity index (χ0n) is 9.78. The summed E-state index contributed by atoms with van der Waals surface area (Å²) in [5.41, 5.74) is 1.69. The van der Waals surface area contributed by atoms with Gasteiger partial charge in [-0.1, -0.05) is 17.2 Å². The Morgan fingerprint density at radius 2 is 2.17 bits per heavy atom. The van der Waals surface area contributed by atoms with Gasteiger partial charge in [-0.15, -0.1) is 0 Å². The van der Waals surface area contributed by atoms with Gasteiger partial charge in [0.2, 0.25) is 5.82 Å². The number of oxime groups is 1. The van der Waals surface area contributed by atoms with E-state index >= 15 is 0 Å². The molecule has 0 spiro atoms. The van der Waals surface area contributed by atoms with E-state index in [-0.39, 0.29) is 6.10 Å². The summed E-state index contributed by atoms with van der Waals surface area (Å²) in [7, 11) is 0. The zero-order valence-corrected chi connectivity index (χ0v) is 9.78. The van der Waals surface area contributed by atoms with Crippen LogP contribution in [0.3, 0.4) is 0 Å². The summed E-state index contributed by atoms with van der Waals surface area (Å²) in [6.07, 6.45) is 6.01. The topological polar surface area (TPSA) is 86.3 Å². The molecule has 0 saturated heterocycles. The third-order valence-corrected chi connectivity index (χ3v) is 2.68. The van der Waals surface area contributed by atoms with Crippen molar-refractivity contribution in [1.82, 2.24) is 20.1 Å². The standard InChI is InChI=1S/C11H11N5O2/c1-2-8-3-9(17-15-8)10-14-11(18-16-10)7-4-12-6-13-5-7/h4-6,9H,2-3H2,1H3/t9-/m1/s1. The summed E-state index contributed by atoms with van der Waals surface area (Å²) in [6, 6.07) is 0. The second kappa shape index (κ2) is 4.52. The summed E-state index contributed by atoms with van der Waals surface area (Å²) in [6.45, 7) is 2.04. The van der Waals surface area contributed by atoms with Gasteiger partial charge < -0.3 is 9.36 Å². The SMILES string of the molecule is CCC1=NO[C@@H](c2noc(-c3cncnc3)n2)C1. The zero-order chi connectivity index (χ0) is 12.4. The highest BCUT2D eigenvalue weighted by Gasteiger charge is 2.26. The van der Waals surface area contributed by atoms with E-state index in [1.165, 1.54) is 6.33 Å². The van der Waals surface area contributed by atoms with Crippen molar-refractivity contribution in [3.05, 3.63) is 24.5 Å². The van der Waals surface area contributed by atoms with Crippen LogP contribution in [0.5, 0.6) is 0 Å². The molecule has 1 aliphatic rings. The molecule has 0 amide bonds. The first kappa shape index (κ1) is 10.8. The highest BCUT2D eigenvalue weighted by molar-refractivity contribution is 5.85. The van der Waals surface area contributed by atoms with Crippen LogP contribution in [0.1, 0.15) is 31.7 Å². The van der Waals surface area contributed by atoms with Crippen LogP contribution in [0, 0.1) is 0 Å². The molecule has 2 aromatic rings. The fourth-order valence-corrected chi connectivity index (χ4v) is 1.67. The molecule has 0 N–H and O–H groups in total. The lowest BCUT2D eigenvalue weighted by Crippen LogP contribution is -2.01. The van der Waals surface area contributed by atoms with E-state index in [0.29, 0.717) is 23.7 Å². The number of rotatable bonds is 3. The molecule has 0 saturated carbocycles. The molecule has 18 heavy (non-hydrogen) atoms. The Balaban J connectivity index is 1.79. The Morgan fingerprint density at radius 3 is 2.89 bits per heavy atom. The van der Waals surface area contributed by atoms with Crippen molar-refractivity contribution in [1.29, 1.82) is 0 Å². The average molecular weight is 245 g/mol. The number of aromatic nitrogens is 4. The molecule has 2 aromatic heterocycles. The van der Waals surface area contributed by atoms with Crippen LogP contribution < -0.4 is 0 Å². The van der Waals surface area contributed by atoms with Crippen molar-refractivity contribution in [2.75, 3.05) is 0 Å². The van der Waals surface area contributed by atoms with Crippen molar-refractivity contribution < 1.29 is 9.36 Å². The fourth-order valence-electron chi connectivity index (χ4n) is 1.67. The molecular formula is C11H11N5O2. The molecule has 3 heterocycles. The maximum absolute atomic E-state index is 5.26. The summed E-state index contributed by atoms with van der Waals surface area (Å²) in [5.74, 6) is 0.889. The van der Waals surface area contributed by atoms with Gasteiger partial charge in [0.1, 0.15) is 6.33 Å². The Bertz CT molecular complexity index is 566. The van der Waals surface area contributed by atoms with E-state index < -0.39 is 0 Å². The largest absolute Gasteiger partial charge is 0.384 e. The van der Waals surface area contributed by atoms with Crippen LogP contribution in [-0.2, 0) is 4.84 Å². The van der Waals surface area contributed by atoms with E-state index in [1.54, 1.807) is 12.4 Å². The highest BCUT2D eigenvalue weighted by Crippen LogP contribution is 2.27. The third-order valence-electron chi connectivity index (χ3n) is 2.68. The molecule has 1 aliphatic heterocycles.